The highest BCUT2D eigenvalue weighted by molar-refractivity contribution is 9.10. The predicted octanol–water partition coefficient (Wildman–Crippen LogP) is 5.59. The first-order valence-corrected chi connectivity index (χ1v) is 9.42. The quantitative estimate of drug-likeness (QED) is 0.306. The van der Waals surface area contributed by atoms with Gasteiger partial charge in [-0.25, -0.2) is 4.79 Å². The highest BCUT2D eigenvalue weighted by atomic mass is 79.9. The molecule has 0 saturated carbocycles. The zero-order valence-corrected chi connectivity index (χ0v) is 16.5. The van der Waals surface area contributed by atoms with Gasteiger partial charge in [-0.1, -0.05) is 42.0 Å². The van der Waals surface area contributed by atoms with E-state index in [1.807, 2.05) is 37.3 Å². The molecule has 1 heterocycles. The van der Waals surface area contributed by atoms with Gasteiger partial charge in [-0.2, -0.15) is 0 Å². The van der Waals surface area contributed by atoms with Crippen molar-refractivity contribution < 1.29 is 19.1 Å². The van der Waals surface area contributed by atoms with Crippen LogP contribution in [0.1, 0.15) is 31.8 Å². The van der Waals surface area contributed by atoms with E-state index in [-0.39, 0.29) is 11.5 Å². The van der Waals surface area contributed by atoms with Crippen LogP contribution in [0.2, 0.25) is 0 Å². The molecule has 4 rings (SSSR count). The summed E-state index contributed by atoms with van der Waals surface area (Å²) in [4.78, 5) is 24.9. The third-order valence-corrected chi connectivity index (χ3v) is 5.01. The van der Waals surface area contributed by atoms with E-state index in [0.29, 0.717) is 27.1 Å². The third-order valence-electron chi connectivity index (χ3n) is 4.32. The van der Waals surface area contributed by atoms with E-state index < -0.39 is 5.97 Å². The molecule has 0 spiro atoms. The minimum absolute atomic E-state index is 0.195. The number of esters is 1. The molecule has 0 atom stereocenters. The molecule has 0 amide bonds. The molecule has 0 N–H and O–H groups in total. The minimum Gasteiger partial charge on any atom is -0.452 e. The lowest BCUT2D eigenvalue weighted by Gasteiger charge is -2.06. The molecular formula is C23H15BrO4. The Bertz CT molecular complexity index is 1110. The highest BCUT2D eigenvalue weighted by Crippen LogP contribution is 2.35. The lowest BCUT2D eigenvalue weighted by Crippen LogP contribution is -2.09. The molecule has 138 valence electrons. The number of hydrogen-bond acceptors (Lipinski definition) is 4. The number of carbonyl (C=O) groups excluding carboxylic acids is 2. The lowest BCUT2D eigenvalue weighted by atomic mass is 10.1. The summed E-state index contributed by atoms with van der Waals surface area (Å²) in [5.74, 6) is 0.240. The zero-order valence-electron chi connectivity index (χ0n) is 14.9. The number of ketones is 1. The van der Waals surface area contributed by atoms with Crippen molar-refractivity contribution in [2.75, 3.05) is 0 Å². The van der Waals surface area contributed by atoms with Crippen molar-refractivity contribution in [3.63, 3.8) is 0 Å². The Balaban J connectivity index is 1.56. The number of fused-ring (bicyclic) bond motifs is 1. The summed E-state index contributed by atoms with van der Waals surface area (Å²) in [5.41, 5.74) is 2.88. The molecule has 0 fully saturated rings. The molecule has 1 aliphatic heterocycles. The van der Waals surface area contributed by atoms with Gasteiger partial charge in [0.25, 0.3) is 0 Å². The first kappa shape index (κ1) is 18.2. The van der Waals surface area contributed by atoms with Gasteiger partial charge in [0.05, 0.1) is 11.1 Å². The van der Waals surface area contributed by atoms with Crippen molar-refractivity contribution in [1.29, 1.82) is 0 Å². The summed E-state index contributed by atoms with van der Waals surface area (Å²) in [7, 11) is 0. The fourth-order valence-corrected chi connectivity index (χ4v) is 3.28. The normalized spacial score (nSPS) is 13.9. The van der Waals surface area contributed by atoms with E-state index in [1.165, 1.54) is 0 Å². The Morgan fingerprint density at radius 1 is 1.04 bits per heavy atom. The average molecular weight is 435 g/mol. The Morgan fingerprint density at radius 2 is 1.79 bits per heavy atom. The van der Waals surface area contributed by atoms with Gasteiger partial charge in [-0.15, -0.1) is 0 Å². The largest absolute Gasteiger partial charge is 0.452 e. The molecule has 1 aliphatic rings. The number of benzene rings is 3. The van der Waals surface area contributed by atoms with Crippen LogP contribution in [0, 0.1) is 6.92 Å². The fraction of sp³-hybridized carbons (Fsp3) is 0.0435. The smallest absolute Gasteiger partial charge is 0.344 e. The standard InChI is InChI=1S/C23H15BrO4/c1-14-6-8-15(9-7-14)12-21-22(25)18-11-10-16(13-20(18)28-21)27-23(26)17-4-2-3-5-19(17)24/h2-13H,1H3/b21-12-. The van der Waals surface area contributed by atoms with Gasteiger partial charge in [0.1, 0.15) is 11.5 Å². The number of halogens is 1. The number of rotatable bonds is 3. The van der Waals surface area contributed by atoms with Crippen molar-refractivity contribution in [3.05, 3.63) is 99.2 Å². The number of hydrogen-bond donors (Lipinski definition) is 0. The number of allylic oxidation sites excluding steroid dienone is 1. The van der Waals surface area contributed by atoms with Crippen LogP contribution < -0.4 is 9.47 Å². The molecule has 0 aromatic heterocycles. The van der Waals surface area contributed by atoms with Gasteiger partial charge in [0.2, 0.25) is 5.78 Å². The second-order valence-corrected chi connectivity index (χ2v) is 7.23. The van der Waals surface area contributed by atoms with E-state index in [2.05, 4.69) is 15.9 Å². The number of ether oxygens (including phenoxy) is 2. The second kappa shape index (κ2) is 7.44. The van der Waals surface area contributed by atoms with Crippen molar-refractivity contribution >= 4 is 33.8 Å². The minimum atomic E-state index is -0.493. The first-order valence-electron chi connectivity index (χ1n) is 8.63. The van der Waals surface area contributed by atoms with E-state index in [9.17, 15) is 9.59 Å². The summed E-state index contributed by atoms with van der Waals surface area (Å²) in [6, 6.07) is 19.5. The van der Waals surface area contributed by atoms with Crippen molar-refractivity contribution in [3.8, 4) is 11.5 Å². The Kier molecular flexibility index (Phi) is 4.84. The van der Waals surface area contributed by atoms with E-state index >= 15 is 0 Å². The van der Waals surface area contributed by atoms with Gasteiger partial charge in [-0.3, -0.25) is 4.79 Å². The highest BCUT2D eigenvalue weighted by Gasteiger charge is 2.28. The lowest BCUT2D eigenvalue weighted by molar-refractivity contribution is 0.0733. The monoisotopic (exact) mass is 434 g/mol. The van der Waals surface area contributed by atoms with Crippen molar-refractivity contribution in [2.24, 2.45) is 0 Å². The zero-order chi connectivity index (χ0) is 19.7. The molecule has 0 aliphatic carbocycles. The Morgan fingerprint density at radius 3 is 2.54 bits per heavy atom. The maximum atomic E-state index is 12.6. The average Bonchev–Trinajstić information content (AvgIpc) is 2.99. The fourth-order valence-electron chi connectivity index (χ4n) is 2.83. The maximum absolute atomic E-state index is 12.6. The van der Waals surface area contributed by atoms with Crippen LogP contribution in [0.4, 0.5) is 0 Å². The molecule has 3 aromatic rings. The number of aryl methyl sites for hydroxylation is 1. The predicted molar refractivity (Wildman–Crippen MR) is 110 cm³/mol. The van der Waals surface area contributed by atoms with Crippen LogP contribution >= 0.6 is 15.9 Å². The van der Waals surface area contributed by atoms with E-state index in [1.54, 1.807) is 42.5 Å². The summed E-state index contributed by atoms with van der Waals surface area (Å²) in [6.45, 7) is 2.00. The summed E-state index contributed by atoms with van der Waals surface area (Å²) in [6.07, 6.45) is 1.70. The van der Waals surface area contributed by atoms with Crippen LogP contribution in [0.5, 0.6) is 11.5 Å². The second-order valence-electron chi connectivity index (χ2n) is 6.38. The topological polar surface area (TPSA) is 52.6 Å². The number of carbonyl (C=O) groups is 2. The molecule has 0 bridgehead atoms. The SMILES string of the molecule is Cc1ccc(/C=C2\Oc3cc(OC(=O)c4ccccc4Br)ccc3C2=O)cc1. The molecule has 0 radical (unpaired) electrons. The van der Waals surface area contributed by atoms with Crippen LogP contribution in [0.25, 0.3) is 6.08 Å². The van der Waals surface area contributed by atoms with Crippen LogP contribution in [0.3, 0.4) is 0 Å². The van der Waals surface area contributed by atoms with Crippen LogP contribution in [-0.4, -0.2) is 11.8 Å². The Labute approximate surface area is 170 Å². The summed E-state index contributed by atoms with van der Waals surface area (Å²) < 4.78 is 11.8. The molecule has 3 aromatic carbocycles. The molecule has 28 heavy (non-hydrogen) atoms. The van der Waals surface area contributed by atoms with Gasteiger partial charge in [0, 0.05) is 10.5 Å². The molecular weight excluding hydrogens is 420 g/mol. The van der Waals surface area contributed by atoms with Gasteiger partial charge >= 0.3 is 5.97 Å². The maximum Gasteiger partial charge on any atom is 0.344 e. The van der Waals surface area contributed by atoms with E-state index in [0.717, 1.165) is 11.1 Å². The molecule has 4 nitrogen and oxygen atoms in total. The third kappa shape index (κ3) is 3.62. The van der Waals surface area contributed by atoms with E-state index in [4.69, 9.17) is 9.47 Å². The van der Waals surface area contributed by atoms with Crippen molar-refractivity contribution in [1.82, 2.24) is 0 Å². The summed E-state index contributed by atoms with van der Waals surface area (Å²) >= 11 is 3.33. The first-order chi connectivity index (χ1) is 13.5. The summed E-state index contributed by atoms with van der Waals surface area (Å²) in [5, 5.41) is 0. The van der Waals surface area contributed by atoms with Crippen molar-refractivity contribution in [2.45, 2.75) is 6.92 Å². The van der Waals surface area contributed by atoms with Crippen LogP contribution in [-0.2, 0) is 0 Å². The molecule has 0 saturated heterocycles. The molecule has 0 unspecified atom stereocenters. The van der Waals surface area contributed by atoms with Gasteiger partial charge < -0.3 is 9.47 Å². The van der Waals surface area contributed by atoms with Gasteiger partial charge in [0.15, 0.2) is 5.76 Å². The Hall–Kier alpha value is -3.18. The molecule has 5 heteroatoms. The van der Waals surface area contributed by atoms with Gasteiger partial charge in [-0.05, 0) is 58.8 Å². The van der Waals surface area contributed by atoms with Crippen LogP contribution in [0.15, 0.2) is 77.0 Å². The number of Topliss-reactive ketones (excluding diaryl/α,β-unsaturated/α-hetero) is 1.